The number of amides is 1. The van der Waals surface area contributed by atoms with Gasteiger partial charge in [-0.2, -0.15) is 18.3 Å². The molecule has 10 heteroatoms. The molecule has 1 aromatic heterocycles. The van der Waals surface area contributed by atoms with E-state index >= 15 is 0 Å². The van der Waals surface area contributed by atoms with Gasteiger partial charge >= 0.3 is 6.18 Å². The summed E-state index contributed by atoms with van der Waals surface area (Å²) in [5, 5.41) is 16.4. The number of alkyl halides is 3. The van der Waals surface area contributed by atoms with E-state index in [0.717, 1.165) is 16.9 Å². The Morgan fingerprint density at radius 2 is 2.09 bits per heavy atom. The summed E-state index contributed by atoms with van der Waals surface area (Å²) in [4.78, 5) is 21.9. The van der Waals surface area contributed by atoms with Crippen molar-refractivity contribution in [1.82, 2.24) is 9.78 Å². The summed E-state index contributed by atoms with van der Waals surface area (Å²) >= 11 is 0. The molecule has 1 aromatic carbocycles. The van der Waals surface area contributed by atoms with E-state index in [4.69, 9.17) is 0 Å². The van der Waals surface area contributed by atoms with E-state index in [2.05, 4.69) is 10.4 Å². The Bertz CT molecular complexity index is 755. The van der Waals surface area contributed by atoms with Crippen molar-refractivity contribution in [1.29, 1.82) is 0 Å². The average molecular weight is 328 g/mol. The van der Waals surface area contributed by atoms with Gasteiger partial charge in [-0.05, 0) is 24.6 Å². The molecule has 0 aliphatic carbocycles. The van der Waals surface area contributed by atoms with Gasteiger partial charge in [-0.15, -0.1) is 0 Å². The highest BCUT2D eigenvalue weighted by Gasteiger charge is 2.33. The first kappa shape index (κ1) is 16.5. The number of benzene rings is 1. The lowest BCUT2D eigenvalue weighted by Gasteiger charge is -2.08. The minimum absolute atomic E-state index is 0.123. The number of carbonyl (C=O) groups is 1. The van der Waals surface area contributed by atoms with E-state index in [0.29, 0.717) is 11.3 Å². The van der Waals surface area contributed by atoms with E-state index < -0.39 is 29.2 Å². The molecule has 0 saturated heterocycles. The molecule has 0 atom stereocenters. The van der Waals surface area contributed by atoms with E-state index in [-0.39, 0.29) is 5.69 Å². The average Bonchev–Trinajstić information content (AvgIpc) is 2.89. The van der Waals surface area contributed by atoms with Crippen LogP contribution in [0.1, 0.15) is 11.3 Å². The SMILES string of the molecule is Cc1cc([N+](=O)[O-])ccc1NC(=O)Cn1ccc(C(F)(F)F)n1. The van der Waals surface area contributed by atoms with E-state index in [1.807, 2.05) is 0 Å². The molecular formula is C13H11F3N4O3. The Labute approximate surface area is 127 Å². The highest BCUT2D eigenvalue weighted by molar-refractivity contribution is 5.91. The molecule has 0 aliphatic rings. The fourth-order valence-corrected chi connectivity index (χ4v) is 1.84. The standard InChI is InChI=1S/C13H11F3N4O3/c1-8-6-9(20(22)23)2-3-10(8)17-12(21)7-19-5-4-11(18-19)13(14,15)16/h2-6H,7H2,1H3,(H,17,21). The second-order valence-electron chi connectivity index (χ2n) is 4.70. The van der Waals surface area contributed by atoms with E-state index in [9.17, 15) is 28.1 Å². The first-order valence-electron chi connectivity index (χ1n) is 6.32. The number of nitrogens with zero attached hydrogens (tertiary/aromatic N) is 3. The summed E-state index contributed by atoms with van der Waals surface area (Å²) in [6.07, 6.45) is -3.53. The lowest BCUT2D eigenvalue weighted by Crippen LogP contribution is -2.20. The fourth-order valence-electron chi connectivity index (χ4n) is 1.84. The Kier molecular flexibility index (Phi) is 4.34. The maximum atomic E-state index is 12.4. The van der Waals surface area contributed by atoms with Crippen molar-refractivity contribution in [3.8, 4) is 0 Å². The zero-order valence-electron chi connectivity index (χ0n) is 11.8. The maximum Gasteiger partial charge on any atom is 0.435 e. The summed E-state index contributed by atoms with van der Waals surface area (Å²) in [6.45, 7) is 1.16. The summed E-state index contributed by atoms with van der Waals surface area (Å²) < 4.78 is 38.1. The van der Waals surface area contributed by atoms with Crippen molar-refractivity contribution in [2.24, 2.45) is 0 Å². The number of anilines is 1. The first-order valence-corrected chi connectivity index (χ1v) is 6.32. The second-order valence-corrected chi connectivity index (χ2v) is 4.70. The number of halogens is 3. The van der Waals surface area contributed by atoms with Gasteiger partial charge in [-0.3, -0.25) is 19.6 Å². The number of non-ortho nitro benzene ring substituents is 1. The molecule has 7 nitrogen and oxygen atoms in total. The molecule has 1 heterocycles. The monoisotopic (exact) mass is 328 g/mol. The summed E-state index contributed by atoms with van der Waals surface area (Å²) in [5.41, 5.74) is -0.410. The van der Waals surface area contributed by atoms with Gasteiger partial charge in [0.25, 0.3) is 5.69 Å². The van der Waals surface area contributed by atoms with Crippen LogP contribution in [0.3, 0.4) is 0 Å². The number of nitro groups is 1. The van der Waals surface area contributed by atoms with Crippen molar-refractivity contribution in [2.45, 2.75) is 19.6 Å². The third-order valence-electron chi connectivity index (χ3n) is 2.93. The first-order chi connectivity index (χ1) is 10.7. The Morgan fingerprint density at radius 1 is 1.39 bits per heavy atom. The van der Waals surface area contributed by atoms with Gasteiger partial charge in [0.2, 0.25) is 5.91 Å². The Morgan fingerprint density at radius 3 is 2.61 bits per heavy atom. The maximum absolute atomic E-state index is 12.4. The number of hydrogen-bond donors (Lipinski definition) is 1. The molecule has 23 heavy (non-hydrogen) atoms. The van der Waals surface area contributed by atoms with Crippen LogP contribution in [-0.2, 0) is 17.5 Å². The molecule has 2 aromatic rings. The van der Waals surface area contributed by atoms with Gasteiger partial charge in [-0.1, -0.05) is 0 Å². The molecule has 2 rings (SSSR count). The number of nitro benzene ring substituents is 1. The van der Waals surface area contributed by atoms with E-state index in [1.54, 1.807) is 6.92 Å². The van der Waals surface area contributed by atoms with Gasteiger partial charge < -0.3 is 5.32 Å². The molecule has 122 valence electrons. The van der Waals surface area contributed by atoms with Gasteiger partial charge in [0.15, 0.2) is 5.69 Å². The van der Waals surface area contributed by atoms with Crippen LogP contribution >= 0.6 is 0 Å². The molecule has 0 unspecified atom stereocenters. The molecule has 0 radical (unpaired) electrons. The molecule has 1 amide bonds. The lowest BCUT2D eigenvalue weighted by molar-refractivity contribution is -0.384. The zero-order chi connectivity index (χ0) is 17.2. The normalized spacial score (nSPS) is 11.3. The summed E-state index contributed by atoms with van der Waals surface area (Å²) in [6, 6.07) is 4.63. The molecular weight excluding hydrogens is 317 g/mol. The number of rotatable bonds is 4. The summed E-state index contributed by atoms with van der Waals surface area (Å²) in [5.74, 6) is -0.598. The van der Waals surface area contributed by atoms with Crippen LogP contribution in [0.4, 0.5) is 24.5 Å². The van der Waals surface area contributed by atoms with Crippen LogP contribution in [0.5, 0.6) is 0 Å². The fraction of sp³-hybridized carbons (Fsp3) is 0.231. The molecule has 0 spiro atoms. The number of aromatic nitrogens is 2. The van der Waals surface area contributed by atoms with E-state index in [1.165, 1.54) is 18.2 Å². The third kappa shape index (κ3) is 4.05. The lowest BCUT2D eigenvalue weighted by atomic mass is 10.2. The minimum Gasteiger partial charge on any atom is -0.324 e. The second kappa shape index (κ2) is 6.07. The van der Waals surface area contributed by atoms with Crippen molar-refractivity contribution in [3.63, 3.8) is 0 Å². The minimum atomic E-state index is -4.57. The predicted octanol–water partition coefficient (Wildman–Crippen LogP) is 2.76. The smallest absolute Gasteiger partial charge is 0.324 e. The van der Waals surface area contributed by atoms with Crippen LogP contribution in [0.15, 0.2) is 30.5 Å². The van der Waals surface area contributed by atoms with Crippen molar-refractivity contribution < 1.29 is 22.9 Å². The van der Waals surface area contributed by atoms with Gasteiger partial charge in [0.1, 0.15) is 6.54 Å². The summed E-state index contributed by atoms with van der Waals surface area (Å²) in [7, 11) is 0. The van der Waals surface area contributed by atoms with Crippen LogP contribution < -0.4 is 5.32 Å². The van der Waals surface area contributed by atoms with Crippen molar-refractivity contribution >= 4 is 17.3 Å². The number of nitrogens with one attached hydrogen (secondary N) is 1. The highest BCUT2D eigenvalue weighted by atomic mass is 19.4. The van der Waals surface area contributed by atoms with Gasteiger partial charge in [-0.25, -0.2) is 0 Å². The highest BCUT2D eigenvalue weighted by Crippen LogP contribution is 2.27. The van der Waals surface area contributed by atoms with Crippen molar-refractivity contribution in [2.75, 3.05) is 5.32 Å². The largest absolute Gasteiger partial charge is 0.435 e. The third-order valence-corrected chi connectivity index (χ3v) is 2.93. The van der Waals surface area contributed by atoms with Gasteiger partial charge in [0.05, 0.1) is 4.92 Å². The van der Waals surface area contributed by atoms with Crippen LogP contribution in [-0.4, -0.2) is 20.6 Å². The van der Waals surface area contributed by atoms with Crippen LogP contribution in [0, 0.1) is 17.0 Å². The Hall–Kier alpha value is -2.91. The van der Waals surface area contributed by atoms with Crippen LogP contribution in [0.25, 0.3) is 0 Å². The molecule has 0 bridgehead atoms. The topological polar surface area (TPSA) is 90.1 Å². The van der Waals surface area contributed by atoms with Crippen molar-refractivity contribution in [3.05, 3.63) is 51.8 Å². The zero-order valence-corrected chi connectivity index (χ0v) is 11.8. The molecule has 0 fully saturated rings. The quantitative estimate of drug-likeness (QED) is 0.690. The number of hydrogen-bond acceptors (Lipinski definition) is 4. The predicted molar refractivity (Wildman–Crippen MR) is 73.7 cm³/mol. The van der Waals surface area contributed by atoms with Gasteiger partial charge in [0, 0.05) is 24.0 Å². The molecule has 0 aliphatic heterocycles. The number of aryl methyl sites for hydroxylation is 1. The Balaban J connectivity index is 2.05. The number of carbonyl (C=O) groups excluding carboxylic acids is 1. The van der Waals surface area contributed by atoms with Crippen LogP contribution in [0.2, 0.25) is 0 Å². The molecule has 1 N–H and O–H groups in total. The molecule has 0 saturated carbocycles.